The summed E-state index contributed by atoms with van der Waals surface area (Å²) in [5, 5.41) is 0. The molecule has 0 atom stereocenters. The first-order chi connectivity index (χ1) is 5.72. The molecule has 0 unspecified atom stereocenters. The summed E-state index contributed by atoms with van der Waals surface area (Å²) in [7, 11) is 0. The fraction of sp³-hybridized carbons (Fsp3) is 0.125. The summed E-state index contributed by atoms with van der Waals surface area (Å²) in [6.07, 6.45) is 0. The number of rotatable bonds is 2. The quantitative estimate of drug-likeness (QED) is 0.329. The molecule has 1 aromatic carbocycles. The predicted molar refractivity (Wildman–Crippen MR) is 52.8 cm³/mol. The van der Waals surface area contributed by atoms with Crippen LogP contribution in [0.25, 0.3) is 0 Å². The molecular weight excluding hydrogens is 192 g/mol. The molecule has 0 amide bonds. The maximum atomic E-state index is 10.5. The Morgan fingerprint density at radius 3 is 2.31 bits per heavy atom. The maximum absolute atomic E-state index is 10.5. The van der Waals surface area contributed by atoms with Gasteiger partial charge in [-0.15, -0.1) is 12.4 Å². The average Bonchev–Trinajstić information content (AvgIpc) is 2.05. The third-order valence-corrected chi connectivity index (χ3v) is 1.28. The van der Waals surface area contributed by atoms with Crippen molar-refractivity contribution >= 4 is 24.1 Å². The Morgan fingerprint density at radius 1 is 1.38 bits per heavy atom. The molecule has 0 aliphatic rings. The van der Waals surface area contributed by atoms with E-state index in [9.17, 15) is 4.79 Å². The molecule has 0 aliphatic heterocycles. The number of hydrazine groups is 1. The number of ether oxygens (including phenoxy) is 1. The first-order valence-corrected chi connectivity index (χ1v) is 3.47. The molecule has 72 valence electrons. The van der Waals surface area contributed by atoms with Gasteiger partial charge in [-0.1, -0.05) is 0 Å². The van der Waals surface area contributed by atoms with Crippen LogP contribution in [0.4, 0.5) is 5.69 Å². The van der Waals surface area contributed by atoms with Crippen LogP contribution in [0.5, 0.6) is 5.75 Å². The summed E-state index contributed by atoms with van der Waals surface area (Å²) in [4.78, 5) is 10.5. The fourth-order valence-electron chi connectivity index (χ4n) is 0.785. The van der Waals surface area contributed by atoms with Crippen LogP contribution >= 0.6 is 12.4 Å². The molecule has 0 fully saturated rings. The van der Waals surface area contributed by atoms with Crippen molar-refractivity contribution in [2.45, 2.75) is 6.92 Å². The zero-order chi connectivity index (χ0) is 8.97. The van der Waals surface area contributed by atoms with Gasteiger partial charge >= 0.3 is 5.97 Å². The van der Waals surface area contributed by atoms with Crippen LogP contribution in [0, 0.1) is 0 Å². The second-order valence-corrected chi connectivity index (χ2v) is 2.26. The van der Waals surface area contributed by atoms with Gasteiger partial charge in [0.1, 0.15) is 5.75 Å². The molecule has 1 rings (SSSR count). The van der Waals surface area contributed by atoms with Gasteiger partial charge in [-0.2, -0.15) is 0 Å². The number of hydrogen-bond donors (Lipinski definition) is 2. The van der Waals surface area contributed by atoms with Crippen molar-refractivity contribution in [1.29, 1.82) is 0 Å². The molecule has 0 spiro atoms. The topological polar surface area (TPSA) is 64.3 Å². The smallest absolute Gasteiger partial charge is 0.308 e. The Labute approximate surface area is 82.4 Å². The molecule has 0 saturated carbocycles. The normalized spacial score (nSPS) is 8.46. The Morgan fingerprint density at radius 2 is 1.92 bits per heavy atom. The molecule has 1 aromatic rings. The fourth-order valence-corrected chi connectivity index (χ4v) is 0.785. The average molecular weight is 203 g/mol. The van der Waals surface area contributed by atoms with E-state index in [-0.39, 0.29) is 18.4 Å². The minimum absolute atomic E-state index is 0. The van der Waals surface area contributed by atoms with Gasteiger partial charge in [0, 0.05) is 12.6 Å². The van der Waals surface area contributed by atoms with Crippen LogP contribution in [0.1, 0.15) is 6.92 Å². The number of halogens is 1. The summed E-state index contributed by atoms with van der Waals surface area (Å²) >= 11 is 0. The van der Waals surface area contributed by atoms with Crippen LogP contribution in [-0.2, 0) is 4.79 Å². The number of esters is 1. The van der Waals surface area contributed by atoms with Crippen molar-refractivity contribution in [3.8, 4) is 5.75 Å². The molecule has 0 saturated heterocycles. The Kier molecular flexibility index (Phi) is 4.87. The zero-order valence-corrected chi connectivity index (χ0v) is 7.93. The second kappa shape index (κ2) is 5.40. The minimum atomic E-state index is -0.330. The minimum Gasteiger partial charge on any atom is -0.427 e. The molecule has 4 nitrogen and oxygen atoms in total. The van der Waals surface area contributed by atoms with Crippen LogP contribution in [0.2, 0.25) is 0 Å². The standard InChI is InChI=1S/C8H10N2O2.ClH/c1-6(11)12-8-4-2-7(10-9)3-5-8;/h2-5,10H,9H2,1H3;1H. The zero-order valence-electron chi connectivity index (χ0n) is 7.11. The van der Waals surface area contributed by atoms with Gasteiger partial charge in [-0.25, -0.2) is 0 Å². The van der Waals surface area contributed by atoms with Crippen LogP contribution < -0.4 is 16.0 Å². The number of nitrogen functional groups attached to an aromatic ring is 1. The van der Waals surface area contributed by atoms with E-state index in [1.165, 1.54) is 6.92 Å². The van der Waals surface area contributed by atoms with E-state index >= 15 is 0 Å². The van der Waals surface area contributed by atoms with Gasteiger partial charge in [-0.3, -0.25) is 10.6 Å². The van der Waals surface area contributed by atoms with E-state index in [1.54, 1.807) is 24.3 Å². The van der Waals surface area contributed by atoms with Crippen molar-refractivity contribution in [1.82, 2.24) is 0 Å². The number of benzene rings is 1. The number of anilines is 1. The van der Waals surface area contributed by atoms with Gasteiger partial charge in [0.15, 0.2) is 0 Å². The Balaban J connectivity index is 0.00000144. The SMILES string of the molecule is CC(=O)Oc1ccc(NN)cc1.Cl. The lowest BCUT2D eigenvalue weighted by Crippen LogP contribution is -2.06. The highest BCUT2D eigenvalue weighted by Gasteiger charge is 1.96. The lowest BCUT2D eigenvalue weighted by molar-refractivity contribution is -0.131. The molecule has 5 heteroatoms. The Hall–Kier alpha value is -1.26. The summed E-state index contributed by atoms with van der Waals surface area (Å²) in [5.41, 5.74) is 3.24. The highest BCUT2D eigenvalue weighted by Crippen LogP contribution is 2.14. The molecule has 0 heterocycles. The van der Waals surface area contributed by atoms with E-state index in [0.717, 1.165) is 5.69 Å². The first-order valence-electron chi connectivity index (χ1n) is 3.47. The van der Waals surface area contributed by atoms with Crippen molar-refractivity contribution < 1.29 is 9.53 Å². The van der Waals surface area contributed by atoms with Crippen molar-refractivity contribution in [2.75, 3.05) is 5.43 Å². The van der Waals surface area contributed by atoms with Gasteiger partial charge in [0.25, 0.3) is 0 Å². The van der Waals surface area contributed by atoms with E-state index in [2.05, 4.69) is 5.43 Å². The first kappa shape index (κ1) is 11.7. The highest BCUT2D eigenvalue weighted by molar-refractivity contribution is 5.85. The molecule has 3 N–H and O–H groups in total. The summed E-state index contributed by atoms with van der Waals surface area (Å²) in [6.45, 7) is 1.36. The van der Waals surface area contributed by atoms with Gasteiger partial charge < -0.3 is 10.2 Å². The van der Waals surface area contributed by atoms with Crippen LogP contribution in [0.3, 0.4) is 0 Å². The van der Waals surface area contributed by atoms with Crippen LogP contribution in [-0.4, -0.2) is 5.97 Å². The largest absolute Gasteiger partial charge is 0.427 e. The van der Waals surface area contributed by atoms with Gasteiger partial charge in [0.2, 0.25) is 0 Å². The van der Waals surface area contributed by atoms with Crippen molar-refractivity contribution in [3.63, 3.8) is 0 Å². The van der Waals surface area contributed by atoms with Crippen LogP contribution in [0.15, 0.2) is 24.3 Å². The van der Waals surface area contributed by atoms with E-state index in [4.69, 9.17) is 10.6 Å². The summed E-state index contributed by atoms with van der Waals surface area (Å²) < 4.78 is 4.81. The third kappa shape index (κ3) is 3.78. The second-order valence-electron chi connectivity index (χ2n) is 2.26. The molecule has 0 bridgehead atoms. The number of carbonyl (C=O) groups is 1. The summed E-state index contributed by atoms with van der Waals surface area (Å²) in [5.74, 6) is 5.33. The molecular formula is C8H11ClN2O2. The molecule has 0 aromatic heterocycles. The summed E-state index contributed by atoms with van der Waals surface area (Å²) in [6, 6.07) is 6.77. The number of carbonyl (C=O) groups excluding carboxylic acids is 1. The third-order valence-electron chi connectivity index (χ3n) is 1.28. The Bertz CT molecular complexity index is 274. The highest BCUT2D eigenvalue weighted by atomic mass is 35.5. The molecule has 13 heavy (non-hydrogen) atoms. The maximum Gasteiger partial charge on any atom is 0.308 e. The van der Waals surface area contributed by atoms with E-state index in [1.807, 2.05) is 0 Å². The van der Waals surface area contributed by atoms with Gasteiger partial charge in [0.05, 0.1) is 0 Å². The predicted octanol–water partition coefficient (Wildman–Crippen LogP) is 1.32. The number of nitrogens with two attached hydrogens (primary N) is 1. The van der Waals surface area contributed by atoms with E-state index in [0.29, 0.717) is 5.75 Å². The lowest BCUT2D eigenvalue weighted by Gasteiger charge is -2.02. The monoisotopic (exact) mass is 202 g/mol. The van der Waals surface area contributed by atoms with Gasteiger partial charge in [-0.05, 0) is 24.3 Å². The lowest BCUT2D eigenvalue weighted by atomic mass is 10.3. The van der Waals surface area contributed by atoms with Crippen molar-refractivity contribution in [3.05, 3.63) is 24.3 Å². The molecule has 0 radical (unpaired) electrons. The van der Waals surface area contributed by atoms with Crippen molar-refractivity contribution in [2.24, 2.45) is 5.84 Å². The molecule has 0 aliphatic carbocycles. The number of nitrogens with one attached hydrogen (secondary N) is 1. The van der Waals surface area contributed by atoms with E-state index < -0.39 is 0 Å². The number of hydrogen-bond acceptors (Lipinski definition) is 4.